The number of amides is 1. The van der Waals surface area contributed by atoms with Crippen LogP contribution >= 0.6 is 0 Å². The fraction of sp³-hybridized carbons (Fsp3) is 0.375. The van der Waals surface area contributed by atoms with Gasteiger partial charge in [0.05, 0.1) is 17.0 Å². The van der Waals surface area contributed by atoms with Crippen molar-refractivity contribution in [2.24, 2.45) is 0 Å². The number of ketones is 1. The van der Waals surface area contributed by atoms with Crippen molar-refractivity contribution in [3.8, 4) is 0 Å². The smallest absolute Gasteiger partial charge is 0.240 e. The van der Waals surface area contributed by atoms with E-state index in [1.807, 2.05) is 25.1 Å². The lowest BCUT2D eigenvalue weighted by Crippen LogP contribution is -2.48. The summed E-state index contributed by atoms with van der Waals surface area (Å²) in [7, 11) is -3.76. The third kappa shape index (κ3) is 11.6. The normalized spacial score (nSPS) is 13.0. The highest BCUT2D eigenvalue weighted by Gasteiger charge is 2.23. The Morgan fingerprint density at radius 1 is 0.884 bits per heavy atom. The van der Waals surface area contributed by atoms with Crippen LogP contribution in [-0.2, 0) is 39.0 Å². The molecule has 0 aliphatic heterocycles. The zero-order chi connectivity index (χ0) is 31.4. The molecule has 0 heterocycles. The van der Waals surface area contributed by atoms with Gasteiger partial charge in [-0.05, 0) is 60.7 Å². The summed E-state index contributed by atoms with van der Waals surface area (Å²) in [5.74, 6) is -2.38. The quantitative estimate of drug-likeness (QED) is 0.184. The molecule has 0 radical (unpaired) electrons. The third-order valence-corrected chi connectivity index (χ3v) is 8.41. The topological polar surface area (TPSA) is 125 Å². The SMILES string of the molecule is CCc1cccc(CNC[C@@H](O)[C@H](Cc2cc(F)cc(F)c2)NC(=O)CCC(=O)CCNS(=O)(=O)c2ccc(C)cc2)c1. The Labute approximate surface area is 252 Å². The number of rotatable bonds is 17. The molecule has 1 amide bonds. The molecule has 43 heavy (non-hydrogen) atoms. The molecule has 0 saturated carbocycles. The third-order valence-electron chi connectivity index (χ3n) is 6.93. The Bertz CT molecular complexity index is 1460. The molecule has 0 fully saturated rings. The molecular weight excluding hydrogens is 576 g/mol. The number of nitrogens with one attached hydrogen (secondary N) is 3. The number of halogens is 2. The van der Waals surface area contributed by atoms with Crippen LogP contribution in [-0.4, -0.2) is 50.5 Å². The van der Waals surface area contributed by atoms with Gasteiger partial charge >= 0.3 is 0 Å². The maximum atomic E-state index is 13.8. The first-order valence-electron chi connectivity index (χ1n) is 14.2. The van der Waals surface area contributed by atoms with Gasteiger partial charge in [0.2, 0.25) is 15.9 Å². The fourth-order valence-electron chi connectivity index (χ4n) is 4.51. The molecule has 2 atom stereocenters. The van der Waals surface area contributed by atoms with Gasteiger partial charge in [0.15, 0.2) is 0 Å². The number of carbonyl (C=O) groups excluding carboxylic acids is 2. The number of carbonyl (C=O) groups is 2. The van der Waals surface area contributed by atoms with Crippen molar-refractivity contribution in [3.63, 3.8) is 0 Å². The number of sulfonamides is 1. The van der Waals surface area contributed by atoms with Gasteiger partial charge in [-0.3, -0.25) is 9.59 Å². The number of Topliss-reactive ketones (excluding diaryl/α,β-unsaturated/α-hetero) is 1. The molecule has 0 aromatic heterocycles. The van der Waals surface area contributed by atoms with Crippen LogP contribution in [0.4, 0.5) is 8.78 Å². The van der Waals surface area contributed by atoms with Crippen LogP contribution < -0.4 is 15.4 Å². The van der Waals surface area contributed by atoms with Gasteiger partial charge in [0.1, 0.15) is 17.4 Å². The van der Waals surface area contributed by atoms with Gasteiger partial charge in [-0.2, -0.15) is 0 Å². The second-order valence-electron chi connectivity index (χ2n) is 10.5. The first-order chi connectivity index (χ1) is 20.4. The van der Waals surface area contributed by atoms with Crippen LogP contribution in [0.3, 0.4) is 0 Å². The van der Waals surface area contributed by atoms with Crippen molar-refractivity contribution in [2.45, 2.75) is 69.5 Å². The van der Waals surface area contributed by atoms with Crippen LogP contribution in [0.1, 0.15) is 48.4 Å². The number of benzene rings is 3. The number of aryl methyl sites for hydroxylation is 2. The largest absolute Gasteiger partial charge is 0.390 e. The Morgan fingerprint density at radius 3 is 2.23 bits per heavy atom. The average molecular weight is 616 g/mol. The summed E-state index contributed by atoms with van der Waals surface area (Å²) in [4.78, 5) is 25.2. The maximum absolute atomic E-state index is 13.8. The van der Waals surface area contributed by atoms with E-state index in [9.17, 15) is 31.9 Å². The standard InChI is InChI=1S/C32H39F2N3O5S/c1-3-23-5-4-6-24(15-23)20-35-21-31(39)30(18-25-16-26(33)19-27(34)17-25)37-32(40)12-9-28(38)13-14-36-43(41,42)29-10-7-22(2)8-11-29/h4-8,10-11,15-17,19,30-31,35-36,39H,3,9,12-14,18,20-21H2,1-2H3,(H,37,40)/t30-,31+/m0/s1. The average Bonchev–Trinajstić information content (AvgIpc) is 2.95. The number of aliphatic hydroxyl groups is 1. The lowest BCUT2D eigenvalue weighted by atomic mass is 10.00. The van der Waals surface area contributed by atoms with Crippen molar-refractivity contribution in [2.75, 3.05) is 13.1 Å². The van der Waals surface area contributed by atoms with Gasteiger partial charge in [0, 0.05) is 45.0 Å². The fourth-order valence-corrected chi connectivity index (χ4v) is 5.55. The van der Waals surface area contributed by atoms with E-state index in [0.29, 0.717) is 6.54 Å². The number of aliphatic hydroxyl groups excluding tert-OH is 1. The van der Waals surface area contributed by atoms with Gasteiger partial charge < -0.3 is 15.7 Å². The molecule has 11 heteroatoms. The molecule has 0 bridgehead atoms. The summed E-state index contributed by atoms with van der Waals surface area (Å²) in [6.07, 6.45) is -0.681. The van der Waals surface area contributed by atoms with E-state index < -0.39 is 39.7 Å². The Morgan fingerprint density at radius 2 is 1.56 bits per heavy atom. The molecule has 0 aliphatic carbocycles. The van der Waals surface area contributed by atoms with Crippen LogP contribution in [0, 0.1) is 18.6 Å². The highest BCUT2D eigenvalue weighted by molar-refractivity contribution is 7.89. The minimum absolute atomic E-state index is 0.0384. The van der Waals surface area contributed by atoms with E-state index in [1.165, 1.54) is 17.7 Å². The van der Waals surface area contributed by atoms with Crippen molar-refractivity contribution in [1.29, 1.82) is 0 Å². The molecule has 4 N–H and O–H groups in total. The van der Waals surface area contributed by atoms with Crippen LogP contribution in [0.25, 0.3) is 0 Å². The van der Waals surface area contributed by atoms with E-state index in [4.69, 9.17) is 0 Å². The highest BCUT2D eigenvalue weighted by Crippen LogP contribution is 2.13. The minimum atomic E-state index is -3.76. The Balaban J connectivity index is 1.53. The van der Waals surface area contributed by atoms with E-state index in [-0.39, 0.29) is 55.0 Å². The van der Waals surface area contributed by atoms with E-state index in [2.05, 4.69) is 28.3 Å². The lowest BCUT2D eigenvalue weighted by molar-refractivity contribution is -0.126. The van der Waals surface area contributed by atoms with Crippen LogP contribution in [0.5, 0.6) is 0 Å². The molecule has 0 saturated heterocycles. The van der Waals surface area contributed by atoms with Gasteiger partial charge in [-0.1, -0.05) is 48.9 Å². The second kappa shape index (κ2) is 16.4. The molecule has 0 spiro atoms. The van der Waals surface area contributed by atoms with E-state index in [1.54, 1.807) is 12.1 Å². The first kappa shape index (κ1) is 34.0. The van der Waals surface area contributed by atoms with Crippen LogP contribution in [0.15, 0.2) is 71.6 Å². The van der Waals surface area contributed by atoms with Crippen molar-refractivity contribution in [3.05, 3.63) is 101 Å². The number of hydrogen-bond acceptors (Lipinski definition) is 6. The van der Waals surface area contributed by atoms with Crippen LogP contribution in [0.2, 0.25) is 0 Å². The molecule has 8 nitrogen and oxygen atoms in total. The molecular formula is C32H39F2N3O5S. The molecule has 232 valence electrons. The van der Waals surface area contributed by atoms with Gasteiger partial charge in [0.25, 0.3) is 0 Å². The van der Waals surface area contributed by atoms with Crippen molar-refractivity contribution >= 4 is 21.7 Å². The Kier molecular flexibility index (Phi) is 12.9. The minimum Gasteiger partial charge on any atom is -0.390 e. The van der Waals surface area contributed by atoms with Gasteiger partial charge in [-0.25, -0.2) is 21.9 Å². The molecule has 0 aliphatic rings. The Hall–Kier alpha value is -3.51. The van der Waals surface area contributed by atoms with E-state index >= 15 is 0 Å². The summed E-state index contributed by atoms with van der Waals surface area (Å²) in [5, 5.41) is 16.8. The summed E-state index contributed by atoms with van der Waals surface area (Å²) in [6.45, 7) is 4.35. The predicted octanol–water partition coefficient (Wildman–Crippen LogP) is 3.73. The van der Waals surface area contributed by atoms with Crippen molar-refractivity contribution < 1.29 is 31.9 Å². The summed E-state index contributed by atoms with van der Waals surface area (Å²) in [5.41, 5.74) is 3.38. The first-order valence-corrected chi connectivity index (χ1v) is 15.7. The summed E-state index contributed by atoms with van der Waals surface area (Å²) in [6, 6.07) is 16.4. The summed E-state index contributed by atoms with van der Waals surface area (Å²) >= 11 is 0. The predicted molar refractivity (Wildman–Crippen MR) is 161 cm³/mol. The highest BCUT2D eigenvalue weighted by atomic mass is 32.2. The zero-order valence-electron chi connectivity index (χ0n) is 24.4. The lowest BCUT2D eigenvalue weighted by Gasteiger charge is -2.25. The van der Waals surface area contributed by atoms with Gasteiger partial charge in [-0.15, -0.1) is 0 Å². The monoisotopic (exact) mass is 615 g/mol. The van der Waals surface area contributed by atoms with E-state index in [0.717, 1.165) is 35.7 Å². The zero-order valence-corrected chi connectivity index (χ0v) is 25.2. The van der Waals surface area contributed by atoms with Crippen molar-refractivity contribution in [1.82, 2.24) is 15.4 Å². The molecule has 3 aromatic carbocycles. The number of hydrogen-bond donors (Lipinski definition) is 4. The molecule has 3 rings (SSSR count). The summed E-state index contributed by atoms with van der Waals surface area (Å²) < 4.78 is 54.8. The molecule has 0 unspecified atom stereocenters. The second-order valence-corrected chi connectivity index (χ2v) is 12.3. The molecule has 3 aromatic rings. The maximum Gasteiger partial charge on any atom is 0.240 e.